The van der Waals surface area contributed by atoms with E-state index < -0.39 is 12.1 Å². The van der Waals surface area contributed by atoms with E-state index in [0.29, 0.717) is 18.0 Å². The van der Waals surface area contributed by atoms with Gasteiger partial charge in [-0.25, -0.2) is 4.79 Å². The summed E-state index contributed by atoms with van der Waals surface area (Å²) in [5, 5.41) is 2.88. The standard InChI is InChI=1S/C16H22N2O3/c1-12(21-16(20)14-7-9-17-10-8-14)15(19)18-11-13-5-3-2-4-6-13/h7-10,12-13H,2-6,11H2,1H3,(H,18,19)/t12-/m1/s1. The van der Waals surface area contributed by atoms with Gasteiger partial charge in [0.05, 0.1) is 5.56 Å². The van der Waals surface area contributed by atoms with Crippen molar-refractivity contribution in [2.24, 2.45) is 5.92 Å². The van der Waals surface area contributed by atoms with Crippen molar-refractivity contribution in [3.63, 3.8) is 0 Å². The summed E-state index contributed by atoms with van der Waals surface area (Å²) < 4.78 is 5.16. The van der Waals surface area contributed by atoms with E-state index in [4.69, 9.17) is 4.74 Å². The quantitative estimate of drug-likeness (QED) is 0.845. The van der Waals surface area contributed by atoms with Crippen molar-refractivity contribution in [1.82, 2.24) is 10.3 Å². The Balaban J connectivity index is 1.75. The number of amides is 1. The van der Waals surface area contributed by atoms with Crippen LogP contribution >= 0.6 is 0 Å². The van der Waals surface area contributed by atoms with Crippen LogP contribution in [-0.2, 0) is 9.53 Å². The minimum atomic E-state index is -0.783. The highest BCUT2D eigenvalue weighted by Crippen LogP contribution is 2.22. The number of carbonyl (C=O) groups is 2. The first-order valence-corrected chi connectivity index (χ1v) is 7.55. The van der Waals surface area contributed by atoms with Crippen LogP contribution in [0.3, 0.4) is 0 Å². The molecule has 1 fully saturated rings. The maximum absolute atomic E-state index is 12.0. The van der Waals surface area contributed by atoms with Gasteiger partial charge in [-0.3, -0.25) is 9.78 Å². The van der Waals surface area contributed by atoms with Crippen LogP contribution in [0.2, 0.25) is 0 Å². The van der Waals surface area contributed by atoms with Crippen molar-refractivity contribution in [1.29, 1.82) is 0 Å². The summed E-state index contributed by atoms with van der Waals surface area (Å²) in [4.78, 5) is 27.6. The van der Waals surface area contributed by atoms with Crippen LogP contribution in [-0.4, -0.2) is 29.5 Å². The molecule has 2 rings (SSSR count). The lowest BCUT2D eigenvalue weighted by atomic mass is 9.89. The number of carbonyl (C=O) groups excluding carboxylic acids is 2. The summed E-state index contributed by atoms with van der Waals surface area (Å²) in [5.74, 6) is -0.175. The molecule has 114 valence electrons. The molecule has 0 unspecified atom stereocenters. The Bertz CT molecular complexity index is 470. The molecule has 1 aliphatic carbocycles. The van der Waals surface area contributed by atoms with Gasteiger partial charge in [-0.05, 0) is 37.8 Å². The first-order valence-electron chi connectivity index (χ1n) is 7.55. The van der Waals surface area contributed by atoms with E-state index in [1.165, 1.54) is 44.5 Å². The van der Waals surface area contributed by atoms with Gasteiger partial charge in [0.15, 0.2) is 6.10 Å². The predicted octanol–water partition coefficient (Wildman–Crippen LogP) is 2.32. The molecule has 21 heavy (non-hydrogen) atoms. The Labute approximate surface area is 125 Å². The molecule has 5 heteroatoms. The Morgan fingerprint density at radius 3 is 2.62 bits per heavy atom. The van der Waals surface area contributed by atoms with Gasteiger partial charge in [0.2, 0.25) is 0 Å². The van der Waals surface area contributed by atoms with Gasteiger partial charge in [-0.2, -0.15) is 0 Å². The molecule has 1 aromatic rings. The normalized spacial score (nSPS) is 17.0. The zero-order valence-corrected chi connectivity index (χ0v) is 12.4. The van der Waals surface area contributed by atoms with Crippen molar-refractivity contribution in [3.8, 4) is 0 Å². The number of ether oxygens (including phenoxy) is 1. The minimum absolute atomic E-state index is 0.233. The van der Waals surface area contributed by atoms with Crippen molar-refractivity contribution >= 4 is 11.9 Å². The fourth-order valence-corrected chi connectivity index (χ4v) is 2.55. The number of hydrogen-bond donors (Lipinski definition) is 1. The third-order valence-corrected chi connectivity index (χ3v) is 3.86. The molecular formula is C16H22N2O3. The van der Waals surface area contributed by atoms with Crippen molar-refractivity contribution in [2.45, 2.75) is 45.1 Å². The van der Waals surface area contributed by atoms with Crippen LogP contribution < -0.4 is 5.32 Å². The maximum atomic E-state index is 12.0. The summed E-state index contributed by atoms with van der Waals surface area (Å²) in [6.07, 6.45) is 8.38. The van der Waals surface area contributed by atoms with Crippen LogP contribution in [0.25, 0.3) is 0 Å². The second-order valence-electron chi connectivity index (χ2n) is 5.53. The number of aromatic nitrogens is 1. The van der Waals surface area contributed by atoms with E-state index in [-0.39, 0.29) is 5.91 Å². The molecule has 1 saturated carbocycles. The fraction of sp³-hybridized carbons (Fsp3) is 0.562. The molecule has 0 aliphatic heterocycles. The fourth-order valence-electron chi connectivity index (χ4n) is 2.55. The average molecular weight is 290 g/mol. The summed E-state index contributed by atoms with van der Waals surface area (Å²) in [6, 6.07) is 3.13. The first kappa shape index (κ1) is 15.5. The van der Waals surface area contributed by atoms with Crippen molar-refractivity contribution in [2.75, 3.05) is 6.54 Å². The van der Waals surface area contributed by atoms with E-state index in [2.05, 4.69) is 10.3 Å². The van der Waals surface area contributed by atoms with Gasteiger partial charge in [-0.1, -0.05) is 19.3 Å². The smallest absolute Gasteiger partial charge is 0.339 e. The highest BCUT2D eigenvalue weighted by Gasteiger charge is 2.20. The minimum Gasteiger partial charge on any atom is -0.449 e. The van der Waals surface area contributed by atoms with Gasteiger partial charge in [-0.15, -0.1) is 0 Å². The average Bonchev–Trinajstić information content (AvgIpc) is 2.54. The lowest BCUT2D eigenvalue weighted by molar-refractivity contribution is -0.129. The monoisotopic (exact) mass is 290 g/mol. The van der Waals surface area contributed by atoms with E-state index in [1.54, 1.807) is 19.1 Å². The first-order chi connectivity index (χ1) is 10.2. The van der Waals surface area contributed by atoms with Crippen LogP contribution in [0.5, 0.6) is 0 Å². The van der Waals surface area contributed by atoms with Crippen molar-refractivity contribution < 1.29 is 14.3 Å². The molecule has 1 heterocycles. The van der Waals surface area contributed by atoms with Gasteiger partial charge >= 0.3 is 5.97 Å². The topological polar surface area (TPSA) is 68.3 Å². The molecule has 0 bridgehead atoms. The Kier molecular flexibility index (Phi) is 5.72. The molecule has 1 atom stereocenters. The van der Waals surface area contributed by atoms with Crippen LogP contribution in [0, 0.1) is 5.92 Å². The van der Waals surface area contributed by atoms with E-state index in [0.717, 1.165) is 0 Å². The third kappa shape index (κ3) is 4.85. The summed E-state index contributed by atoms with van der Waals surface area (Å²) >= 11 is 0. The number of nitrogens with one attached hydrogen (secondary N) is 1. The van der Waals surface area contributed by atoms with E-state index in [1.807, 2.05) is 0 Å². The van der Waals surface area contributed by atoms with Crippen LogP contribution in [0.4, 0.5) is 0 Å². The molecule has 1 N–H and O–H groups in total. The molecule has 5 nitrogen and oxygen atoms in total. The zero-order chi connectivity index (χ0) is 15.1. The molecule has 0 saturated heterocycles. The zero-order valence-electron chi connectivity index (χ0n) is 12.4. The van der Waals surface area contributed by atoms with E-state index in [9.17, 15) is 9.59 Å². The number of nitrogens with zero attached hydrogens (tertiary/aromatic N) is 1. The summed E-state index contributed by atoms with van der Waals surface area (Å²) in [6.45, 7) is 2.27. The molecule has 1 aliphatic rings. The number of rotatable bonds is 5. The SMILES string of the molecule is C[C@@H](OC(=O)c1ccncc1)C(=O)NCC1CCCCC1. The number of pyridine rings is 1. The molecule has 0 aromatic carbocycles. The molecule has 1 amide bonds. The Morgan fingerprint density at radius 1 is 1.29 bits per heavy atom. The maximum Gasteiger partial charge on any atom is 0.339 e. The Morgan fingerprint density at radius 2 is 1.95 bits per heavy atom. The highest BCUT2D eigenvalue weighted by molar-refractivity contribution is 5.92. The third-order valence-electron chi connectivity index (χ3n) is 3.86. The number of hydrogen-bond acceptors (Lipinski definition) is 4. The Hall–Kier alpha value is -1.91. The van der Waals surface area contributed by atoms with Gasteiger partial charge < -0.3 is 10.1 Å². The molecule has 1 aromatic heterocycles. The molecule has 0 spiro atoms. The largest absolute Gasteiger partial charge is 0.449 e. The lowest BCUT2D eigenvalue weighted by Crippen LogP contribution is -2.38. The highest BCUT2D eigenvalue weighted by atomic mass is 16.5. The van der Waals surface area contributed by atoms with E-state index >= 15 is 0 Å². The molecular weight excluding hydrogens is 268 g/mol. The summed E-state index contributed by atoms with van der Waals surface area (Å²) in [7, 11) is 0. The van der Waals surface area contributed by atoms with Gasteiger partial charge in [0, 0.05) is 18.9 Å². The number of esters is 1. The van der Waals surface area contributed by atoms with Gasteiger partial charge in [0.1, 0.15) is 0 Å². The van der Waals surface area contributed by atoms with Crippen LogP contribution in [0.15, 0.2) is 24.5 Å². The second-order valence-corrected chi connectivity index (χ2v) is 5.53. The lowest BCUT2D eigenvalue weighted by Gasteiger charge is -2.22. The summed E-state index contributed by atoms with van der Waals surface area (Å²) in [5.41, 5.74) is 0.400. The molecule has 0 radical (unpaired) electrons. The van der Waals surface area contributed by atoms with Gasteiger partial charge in [0.25, 0.3) is 5.91 Å². The second kappa shape index (κ2) is 7.76. The van der Waals surface area contributed by atoms with Crippen LogP contribution in [0.1, 0.15) is 49.4 Å². The predicted molar refractivity (Wildman–Crippen MR) is 78.7 cm³/mol. The van der Waals surface area contributed by atoms with Crippen molar-refractivity contribution in [3.05, 3.63) is 30.1 Å².